The highest BCUT2D eigenvalue weighted by Gasteiger charge is 2.30. The molecule has 2 unspecified atom stereocenters. The average molecular weight is 335 g/mol. The van der Waals surface area contributed by atoms with Crippen molar-refractivity contribution in [3.63, 3.8) is 0 Å². The third kappa shape index (κ3) is 3.70. The van der Waals surface area contributed by atoms with Crippen molar-refractivity contribution in [2.24, 2.45) is 0 Å². The van der Waals surface area contributed by atoms with Crippen molar-refractivity contribution >= 4 is 32.0 Å². The monoisotopic (exact) mass is 335 g/mol. The molecular formula is C11H17N3O5S2. The normalized spacial score (nSPS) is 23.7. The van der Waals surface area contributed by atoms with Crippen LogP contribution in [0.5, 0.6) is 0 Å². The van der Waals surface area contributed by atoms with Crippen LogP contribution in [0.2, 0.25) is 0 Å². The SMILES string of the molecule is Nc1sc(S(=O)(=O)NC2CCCCCC2O)cc1[N+](=O)[O-]. The molecular weight excluding hydrogens is 318 g/mol. The van der Waals surface area contributed by atoms with Crippen LogP contribution in [0.3, 0.4) is 0 Å². The molecule has 2 atom stereocenters. The van der Waals surface area contributed by atoms with Gasteiger partial charge in [-0.05, 0) is 12.8 Å². The van der Waals surface area contributed by atoms with E-state index in [1.165, 1.54) is 0 Å². The summed E-state index contributed by atoms with van der Waals surface area (Å²) in [5, 5.41) is 20.5. The van der Waals surface area contributed by atoms with E-state index in [1.54, 1.807) is 0 Å². The molecule has 118 valence electrons. The van der Waals surface area contributed by atoms with E-state index >= 15 is 0 Å². The first kappa shape index (κ1) is 16.1. The second kappa shape index (κ2) is 6.26. The van der Waals surface area contributed by atoms with E-state index in [-0.39, 0.29) is 9.21 Å². The van der Waals surface area contributed by atoms with Gasteiger partial charge >= 0.3 is 5.69 Å². The van der Waals surface area contributed by atoms with E-state index in [9.17, 15) is 23.6 Å². The number of thiophene rings is 1. The maximum atomic E-state index is 12.3. The molecule has 0 aromatic carbocycles. The summed E-state index contributed by atoms with van der Waals surface area (Å²) in [5.74, 6) is 0. The molecule has 0 spiro atoms. The van der Waals surface area contributed by atoms with E-state index < -0.39 is 32.8 Å². The molecule has 4 N–H and O–H groups in total. The van der Waals surface area contributed by atoms with Crippen LogP contribution in [0.25, 0.3) is 0 Å². The Labute approximate surface area is 126 Å². The Bertz CT molecular complexity index is 628. The van der Waals surface area contributed by atoms with Crippen molar-refractivity contribution in [3.8, 4) is 0 Å². The van der Waals surface area contributed by atoms with Crippen LogP contribution in [-0.4, -0.2) is 30.6 Å². The zero-order valence-corrected chi connectivity index (χ0v) is 12.8. The van der Waals surface area contributed by atoms with E-state index in [0.29, 0.717) is 24.2 Å². The predicted molar refractivity (Wildman–Crippen MR) is 78.6 cm³/mol. The number of aliphatic hydroxyl groups excluding tert-OH is 1. The summed E-state index contributed by atoms with van der Waals surface area (Å²) in [6, 6.07) is 0.380. The summed E-state index contributed by atoms with van der Waals surface area (Å²) in [4.78, 5) is 10.0. The minimum absolute atomic E-state index is 0.151. The Morgan fingerprint density at radius 2 is 2.05 bits per heavy atom. The third-order valence-corrected chi connectivity index (χ3v) is 6.38. The van der Waals surface area contributed by atoms with E-state index in [2.05, 4.69) is 4.72 Å². The Kier molecular flexibility index (Phi) is 4.81. The number of rotatable bonds is 4. The summed E-state index contributed by atoms with van der Waals surface area (Å²) in [5.41, 5.74) is 5.04. The lowest BCUT2D eigenvalue weighted by atomic mass is 10.1. The minimum Gasteiger partial charge on any atom is -0.391 e. The predicted octanol–water partition coefficient (Wildman–Crippen LogP) is 1.21. The van der Waals surface area contributed by atoms with Gasteiger partial charge in [-0.15, -0.1) is 0 Å². The highest BCUT2D eigenvalue weighted by molar-refractivity contribution is 7.91. The van der Waals surface area contributed by atoms with Gasteiger partial charge in [0.2, 0.25) is 0 Å². The van der Waals surface area contributed by atoms with Gasteiger partial charge in [-0.2, -0.15) is 0 Å². The Morgan fingerprint density at radius 3 is 2.67 bits per heavy atom. The van der Waals surface area contributed by atoms with Crippen LogP contribution >= 0.6 is 11.3 Å². The van der Waals surface area contributed by atoms with Crippen LogP contribution in [0.1, 0.15) is 32.1 Å². The van der Waals surface area contributed by atoms with Gasteiger partial charge in [-0.1, -0.05) is 30.6 Å². The zero-order valence-electron chi connectivity index (χ0n) is 11.2. The Hall–Kier alpha value is -1.23. The van der Waals surface area contributed by atoms with Gasteiger partial charge in [-0.3, -0.25) is 10.1 Å². The summed E-state index contributed by atoms with van der Waals surface area (Å²) in [6.07, 6.45) is 2.98. The maximum Gasteiger partial charge on any atom is 0.304 e. The van der Waals surface area contributed by atoms with Crippen molar-refractivity contribution < 1.29 is 18.4 Å². The van der Waals surface area contributed by atoms with E-state index in [1.807, 2.05) is 0 Å². The standard InChI is InChI=1S/C11H17N3O5S2/c12-11-8(14(16)17)6-10(20-11)21(18,19)13-7-4-2-1-3-5-9(7)15/h6-7,9,13,15H,1-5,12H2. The first-order valence-corrected chi connectivity index (χ1v) is 8.85. The minimum atomic E-state index is -3.92. The van der Waals surface area contributed by atoms with Gasteiger partial charge in [0, 0.05) is 12.1 Å². The molecule has 10 heteroatoms. The topological polar surface area (TPSA) is 136 Å². The molecule has 1 aromatic heterocycles. The average Bonchev–Trinajstić information content (AvgIpc) is 2.69. The number of nitrogen functional groups attached to an aromatic ring is 1. The number of sulfonamides is 1. The quantitative estimate of drug-likeness (QED) is 0.430. The Morgan fingerprint density at radius 1 is 1.38 bits per heavy atom. The molecule has 2 rings (SSSR count). The summed E-state index contributed by atoms with van der Waals surface area (Å²) in [6.45, 7) is 0. The number of hydrogen-bond acceptors (Lipinski definition) is 7. The Balaban J connectivity index is 2.21. The van der Waals surface area contributed by atoms with E-state index in [0.717, 1.165) is 25.3 Å². The molecule has 1 aromatic rings. The number of anilines is 1. The largest absolute Gasteiger partial charge is 0.391 e. The molecule has 0 saturated heterocycles. The second-order valence-corrected chi connectivity index (χ2v) is 8.03. The zero-order chi connectivity index (χ0) is 15.6. The number of nitro groups is 1. The molecule has 8 nitrogen and oxygen atoms in total. The van der Waals surface area contributed by atoms with Crippen molar-refractivity contribution in [2.75, 3.05) is 5.73 Å². The molecule has 1 aliphatic rings. The smallest absolute Gasteiger partial charge is 0.304 e. The lowest BCUT2D eigenvalue weighted by Gasteiger charge is -2.20. The molecule has 0 amide bonds. The number of nitrogens with zero attached hydrogens (tertiary/aromatic N) is 1. The molecule has 1 aliphatic carbocycles. The van der Waals surface area contributed by atoms with Crippen LogP contribution in [0, 0.1) is 10.1 Å². The van der Waals surface area contributed by atoms with Crippen molar-refractivity contribution in [2.45, 2.75) is 48.5 Å². The van der Waals surface area contributed by atoms with Crippen LogP contribution in [0.4, 0.5) is 10.7 Å². The van der Waals surface area contributed by atoms with Crippen molar-refractivity contribution in [1.82, 2.24) is 4.72 Å². The highest BCUT2D eigenvalue weighted by atomic mass is 32.2. The van der Waals surface area contributed by atoms with Crippen molar-refractivity contribution in [1.29, 1.82) is 0 Å². The van der Waals surface area contributed by atoms with Crippen LogP contribution in [-0.2, 0) is 10.0 Å². The van der Waals surface area contributed by atoms with Gasteiger partial charge in [0.15, 0.2) is 5.00 Å². The van der Waals surface area contributed by atoms with Gasteiger partial charge in [0.05, 0.1) is 11.0 Å². The summed E-state index contributed by atoms with van der Waals surface area (Å²) >= 11 is 0.649. The first-order valence-electron chi connectivity index (χ1n) is 6.55. The fourth-order valence-corrected chi connectivity index (χ4v) is 4.87. The number of aliphatic hydroxyl groups is 1. The van der Waals surface area contributed by atoms with Crippen LogP contribution < -0.4 is 10.5 Å². The highest BCUT2D eigenvalue weighted by Crippen LogP contribution is 2.34. The fraction of sp³-hybridized carbons (Fsp3) is 0.636. The van der Waals surface area contributed by atoms with Crippen LogP contribution in [0.15, 0.2) is 10.3 Å². The molecule has 21 heavy (non-hydrogen) atoms. The van der Waals surface area contributed by atoms with Gasteiger partial charge in [0.25, 0.3) is 10.0 Å². The number of hydrogen-bond donors (Lipinski definition) is 3. The number of nitrogens with two attached hydrogens (primary N) is 1. The second-order valence-electron chi connectivity index (χ2n) is 5.01. The van der Waals surface area contributed by atoms with Gasteiger partial charge in [-0.25, -0.2) is 13.1 Å². The first-order chi connectivity index (χ1) is 9.81. The lowest BCUT2D eigenvalue weighted by molar-refractivity contribution is -0.383. The molecule has 1 fully saturated rings. The van der Waals surface area contributed by atoms with Gasteiger partial charge in [0.1, 0.15) is 4.21 Å². The molecule has 1 heterocycles. The van der Waals surface area contributed by atoms with Crippen molar-refractivity contribution in [3.05, 3.63) is 16.2 Å². The molecule has 0 radical (unpaired) electrons. The van der Waals surface area contributed by atoms with Gasteiger partial charge < -0.3 is 10.8 Å². The maximum absolute atomic E-state index is 12.3. The number of nitrogens with one attached hydrogen (secondary N) is 1. The fourth-order valence-electron chi connectivity index (χ4n) is 2.33. The lowest BCUT2D eigenvalue weighted by Crippen LogP contribution is -2.42. The third-order valence-electron chi connectivity index (χ3n) is 3.47. The van der Waals surface area contributed by atoms with E-state index in [4.69, 9.17) is 5.73 Å². The molecule has 0 aliphatic heterocycles. The molecule has 0 bridgehead atoms. The summed E-state index contributed by atoms with van der Waals surface area (Å²) < 4.78 is 26.7. The molecule has 1 saturated carbocycles. The summed E-state index contributed by atoms with van der Waals surface area (Å²) in [7, 11) is -3.92.